The molecule has 0 unspecified atom stereocenters. The average molecular weight is 535 g/mol. The first-order valence-electron chi connectivity index (χ1n) is 14.2. The van der Waals surface area contributed by atoms with Crippen molar-refractivity contribution >= 4 is 30.9 Å². The fourth-order valence-electron chi connectivity index (χ4n) is 5.04. The van der Waals surface area contributed by atoms with Gasteiger partial charge in [0, 0.05) is 6.42 Å². The molecule has 0 spiro atoms. The molecule has 0 aliphatic heterocycles. The van der Waals surface area contributed by atoms with E-state index in [0.29, 0.717) is 13.0 Å². The Bertz CT molecular complexity index is 510. The van der Waals surface area contributed by atoms with Crippen LogP contribution in [0, 0.1) is 0 Å². The van der Waals surface area contributed by atoms with Crippen LogP contribution in [0.2, 0.25) is 54.4 Å². The second kappa shape index (κ2) is 17.5. The van der Waals surface area contributed by atoms with E-state index >= 15 is 0 Å². The van der Waals surface area contributed by atoms with Crippen molar-refractivity contribution in [2.24, 2.45) is 0 Å². The third kappa shape index (κ3) is 10.2. The van der Waals surface area contributed by atoms with Gasteiger partial charge in [-0.05, 0) is 67.2 Å². The van der Waals surface area contributed by atoms with E-state index in [1.165, 1.54) is 7.11 Å². The van der Waals surface area contributed by atoms with Gasteiger partial charge in [-0.3, -0.25) is 4.79 Å². The molecule has 0 saturated carbocycles. The van der Waals surface area contributed by atoms with Gasteiger partial charge < -0.3 is 18.0 Å². The molecule has 0 aromatic rings. The highest BCUT2D eigenvalue weighted by molar-refractivity contribution is 6.74. The molecule has 0 aromatic heterocycles. The van der Waals surface area contributed by atoms with Crippen LogP contribution in [0.3, 0.4) is 0 Å². The smallest absolute Gasteiger partial charge is 0.305 e. The summed E-state index contributed by atoms with van der Waals surface area (Å²) in [6.45, 7) is 21.2. The second-order valence-electron chi connectivity index (χ2n) is 9.82. The number of methoxy groups -OCH3 is 1. The molecule has 8 heteroatoms. The predicted octanol–water partition coefficient (Wildman–Crippen LogP) is 8.13. The van der Waals surface area contributed by atoms with Crippen molar-refractivity contribution in [1.29, 1.82) is 0 Å². The molecule has 0 aliphatic carbocycles. The first-order chi connectivity index (χ1) is 16.2. The van der Waals surface area contributed by atoms with Crippen LogP contribution in [-0.4, -0.2) is 56.8 Å². The van der Waals surface area contributed by atoms with Gasteiger partial charge in [0.1, 0.15) is 0 Å². The van der Waals surface area contributed by atoms with Crippen molar-refractivity contribution in [2.75, 3.05) is 13.7 Å². The molecule has 0 amide bonds. The van der Waals surface area contributed by atoms with Gasteiger partial charge in [-0.1, -0.05) is 62.3 Å². The minimum Gasteiger partial charge on any atom is -0.469 e. The second-order valence-corrected chi connectivity index (χ2v) is 24.0. The molecule has 0 fully saturated rings. The van der Waals surface area contributed by atoms with Crippen LogP contribution in [0.5, 0.6) is 0 Å². The molecular weight excluding hydrogens is 477 g/mol. The van der Waals surface area contributed by atoms with E-state index in [-0.39, 0.29) is 18.2 Å². The number of esters is 1. The quantitative estimate of drug-likeness (QED) is 0.110. The minimum atomic E-state index is -1.86. The Morgan fingerprint density at radius 3 is 1.35 bits per heavy atom. The molecule has 0 rings (SSSR count). The Morgan fingerprint density at radius 2 is 1.00 bits per heavy atom. The molecule has 0 saturated heterocycles. The summed E-state index contributed by atoms with van der Waals surface area (Å²) in [4.78, 5) is 11.9. The van der Waals surface area contributed by atoms with E-state index in [1.54, 1.807) is 0 Å². The third-order valence-electron chi connectivity index (χ3n) is 8.67. The number of carbonyl (C=O) groups excluding carboxylic acids is 1. The highest BCUT2D eigenvalue weighted by Crippen LogP contribution is 2.32. The maximum Gasteiger partial charge on any atom is 0.305 e. The van der Waals surface area contributed by atoms with Gasteiger partial charge in [0.25, 0.3) is 0 Å². The van der Waals surface area contributed by atoms with Crippen LogP contribution in [0.25, 0.3) is 0 Å². The van der Waals surface area contributed by atoms with Gasteiger partial charge in [-0.2, -0.15) is 0 Å². The summed E-state index contributed by atoms with van der Waals surface area (Å²) in [6.07, 6.45) is 1.93. The zero-order valence-electron chi connectivity index (χ0n) is 24.4. The van der Waals surface area contributed by atoms with Crippen molar-refractivity contribution in [2.45, 2.75) is 148 Å². The largest absolute Gasteiger partial charge is 0.469 e. The van der Waals surface area contributed by atoms with Crippen molar-refractivity contribution < 1.29 is 22.8 Å². The fraction of sp³-hybridized carbons (Fsp3) is 0.962. The van der Waals surface area contributed by atoms with E-state index in [1.807, 2.05) is 0 Å². The summed E-state index contributed by atoms with van der Waals surface area (Å²) in [5.41, 5.74) is 0. The lowest BCUT2D eigenvalue weighted by Gasteiger charge is -2.42. The third-order valence-corrected chi connectivity index (χ3v) is 22.7. The monoisotopic (exact) mass is 534 g/mol. The van der Waals surface area contributed by atoms with Crippen LogP contribution in [0.1, 0.15) is 81.6 Å². The standard InChI is InChI=1S/C26H58O5Si3/c1-11-32(12-2,13-3)29-23-25(31-34(17-7,18-8)19-9)24(21-20-22-26(27)28-10)30-33(14-4,15-5)16-6/h24-25H,11-23H2,1-10H3/t24-,25+/m0/s1. The molecule has 34 heavy (non-hydrogen) atoms. The summed E-state index contributed by atoms with van der Waals surface area (Å²) >= 11 is 0. The normalized spacial score (nSPS) is 14.8. The van der Waals surface area contributed by atoms with Crippen molar-refractivity contribution in [3.05, 3.63) is 0 Å². The molecule has 0 heterocycles. The van der Waals surface area contributed by atoms with Gasteiger partial charge in [0.15, 0.2) is 25.0 Å². The van der Waals surface area contributed by atoms with E-state index in [0.717, 1.165) is 67.2 Å². The Kier molecular flexibility index (Phi) is 17.5. The highest BCUT2D eigenvalue weighted by atomic mass is 28.4. The summed E-state index contributed by atoms with van der Waals surface area (Å²) in [6, 6.07) is 10.1. The Labute approximate surface area is 215 Å². The molecule has 0 radical (unpaired) electrons. The Balaban J connectivity index is 6.15. The van der Waals surface area contributed by atoms with Crippen molar-refractivity contribution in [3.8, 4) is 0 Å². The molecular formula is C26H58O5Si3. The van der Waals surface area contributed by atoms with E-state index in [9.17, 15) is 4.79 Å². The van der Waals surface area contributed by atoms with Gasteiger partial charge in [0.05, 0.1) is 25.9 Å². The molecule has 2 atom stereocenters. The number of ether oxygens (including phenoxy) is 1. The maximum absolute atomic E-state index is 11.9. The highest BCUT2D eigenvalue weighted by Gasteiger charge is 2.41. The zero-order chi connectivity index (χ0) is 26.3. The molecule has 0 aliphatic rings. The van der Waals surface area contributed by atoms with Crippen LogP contribution in [0.4, 0.5) is 0 Å². The summed E-state index contributed by atoms with van der Waals surface area (Å²) in [7, 11) is -4.01. The van der Waals surface area contributed by atoms with Gasteiger partial charge >= 0.3 is 5.97 Å². The topological polar surface area (TPSA) is 54.0 Å². The van der Waals surface area contributed by atoms with Gasteiger partial charge in [-0.15, -0.1) is 0 Å². The van der Waals surface area contributed by atoms with Crippen LogP contribution in [0.15, 0.2) is 0 Å². The summed E-state index contributed by atoms with van der Waals surface area (Å²) in [5, 5.41) is 0. The lowest BCUT2D eigenvalue weighted by molar-refractivity contribution is -0.140. The number of hydrogen-bond acceptors (Lipinski definition) is 5. The van der Waals surface area contributed by atoms with Crippen LogP contribution >= 0.6 is 0 Å². The Morgan fingerprint density at radius 1 is 0.618 bits per heavy atom. The molecule has 5 nitrogen and oxygen atoms in total. The van der Waals surface area contributed by atoms with E-state index in [4.69, 9.17) is 18.0 Å². The fourth-order valence-corrected chi connectivity index (χ4v) is 13.4. The lowest BCUT2D eigenvalue weighted by atomic mass is 10.1. The lowest BCUT2D eigenvalue weighted by Crippen LogP contribution is -2.52. The number of rotatable bonds is 21. The average Bonchev–Trinajstić information content (AvgIpc) is 2.89. The van der Waals surface area contributed by atoms with Crippen molar-refractivity contribution in [1.82, 2.24) is 0 Å². The van der Waals surface area contributed by atoms with Crippen molar-refractivity contribution in [3.63, 3.8) is 0 Å². The molecule has 204 valence electrons. The zero-order valence-corrected chi connectivity index (χ0v) is 27.4. The van der Waals surface area contributed by atoms with Gasteiger partial charge in [-0.25, -0.2) is 0 Å². The summed E-state index contributed by atoms with van der Waals surface area (Å²) < 4.78 is 26.0. The molecule has 0 bridgehead atoms. The van der Waals surface area contributed by atoms with Gasteiger partial charge in [0.2, 0.25) is 0 Å². The van der Waals surface area contributed by atoms with E-state index in [2.05, 4.69) is 62.3 Å². The number of hydrogen-bond donors (Lipinski definition) is 0. The maximum atomic E-state index is 11.9. The molecule has 0 aromatic carbocycles. The SMILES string of the molecule is CC[Si](CC)(CC)OC[C@@H](O[Si](CC)(CC)CC)[C@H](CCCC(=O)OC)O[Si](CC)(CC)CC. The van der Waals surface area contributed by atoms with Crippen LogP contribution < -0.4 is 0 Å². The van der Waals surface area contributed by atoms with E-state index < -0.39 is 25.0 Å². The Hall–Kier alpha value is 0.000649. The first kappa shape index (κ1) is 34.0. The minimum absolute atomic E-state index is 0.0232. The predicted molar refractivity (Wildman–Crippen MR) is 153 cm³/mol. The van der Waals surface area contributed by atoms with Crippen LogP contribution in [-0.2, 0) is 22.8 Å². The number of carbonyl (C=O) groups is 1. The first-order valence-corrected chi connectivity index (χ1v) is 21.8. The summed E-state index contributed by atoms with van der Waals surface area (Å²) in [5.74, 6) is -0.147. The molecule has 0 N–H and O–H groups in total.